The normalized spacial score (nSPS) is 18.6. The molecule has 1 saturated heterocycles. The number of hydrogen-bond acceptors (Lipinski definition) is 5. The standard InChI is InChI=1S/C15H26N6O3/c1-10(2)4-7-21-8-6-17-14(23)11(21)9-13(22)16-5-3-12-18-15(24)20-19-12/h10-11H,3-9H2,1-2H3,(H,16,22)(H,17,23)(H2,18,19,20,24)/t11-/m1/s1. The SMILES string of the molecule is CC(C)CCN1CCNC(=O)[C@H]1CC(=O)NCCc1n[nH]c(=O)[nH]1. The van der Waals surface area contributed by atoms with Crippen LogP contribution in [0.25, 0.3) is 0 Å². The van der Waals surface area contributed by atoms with Crippen LogP contribution in [-0.4, -0.2) is 64.1 Å². The van der Waals surface area contributed by atoms with Crippen molar-refractivity contribution in [3.05, 3.63) is 16.3 Å². The van der Waals surface area contributed by atoms with Gasteiger partial charge in [-0.15, -0.1) is 0 Å². The van der Waals surface area contributed by atoms with Crippen molar-refractivity contribution in [3.63, 3.8) is 0 Å². The first-order valence-corrected chi connectivity index (χ1v) is 8.37. The number of amides is 2. The third kappa shape index (κ3) is 5.48. The van der Waals surface area contributed by atoms with Gasteiger partial charge in [0.15, 0.2) is 0 Å². The third-order valence-corrected chi connectivity index (χ3v) is 4.05. The van der Waals surface area contributed by atoms with Gasteiger partial charge in [-0.05, 0) is 18.9 Å². The molecule has 0 radical (unpaired) electrons. The monoisotopic (exact) mass is 338 g/mol. The smallest absolute Gasteiger partial charge is 0.340 e. The van der Waals surface area contributed by atoms with Crippen LogP contribution < -0.4 is 16.3 Å². The van der Waals surface area contributed by atoms with Crippen LogP contribution in [0.2, 0.25) is 0 Å². The Bertz CT molecular complexity index is 608. The molecule has 0 spiro atoms. The Kier molecular flexibility index (Phi) is 6.53. The highest BCUT2D eigenvalue weighted by atomic mass is 16.2. The van der Waals surface area contributed by atoms with Gasteiger partial charge in [-0.1, -0.05) is 13.8 Å². The van der Waals surface area contributed by atoms with Gasteiger partial charge in [-0.25, -0.2) is 9.89 Å². The van der Waals surface area contributed by atoms with Crippen molar-refractivity contribution in [3.8, 4) is 0 Å². The number of rotatable bonds is 8. The van der Waals surface area contributed by atoms with Crippen molar-refractivity contribution in [2.45, 2.75) is 39.2 Å². The van der Waals surface area contributed by atoms with E-state index in [1.807, 2.05) is 0 Å². The van der Waals surface area contributed by atoms with Gasteiger partial charge < -0.3 is 10.6 Å². The molecule has 0 unspecified atom stereocenters. The van der Waals surface area contributed by atoms with Crippen LogP contribution in [0.1, 0.15) is 32.5 Å². The van der Waals surface area contributed by atoms with Gasteiger partial charge in [0.05, 0.1) is 12.5 Å². The second kappa shape index (κ2) is 8.62. The van der Waals surface area contributed by atoms with Gasteiger partial charge >= 0.3 is 5.69 Å². The first-order chi connectivity index (χ1) is 11.5. The van der Waals surface area contributed by atoms with E-state index >= 15 is 0 Å². The average molecular weight is 338 g/mol. The van der Waals surface area contributed by atoms with E-state index in [4.69, 9.17) is 0 Å². The number of aromatic amines is 2. The molecule has 1 atom stereocenters. The number of H-pyrrole nitrogens is 2. The van der Waals surface area contributed by atoms with E-state index in [0.717, 1.165) is 19.5 Å². The fraction of sp³-hybridized carbons (Fsp3) is 0.733. The average Bonchev–Trinajstić information content (AvgIpc) is 2.93. The first-order valence-electron chi connectivity index (χ1n) is 8.37. The summed E-state index contributed by atoms with van der Waals surface area (Å²) in [7, 11) is 0. The van der Waals surface area contributed by atoms with Crippen LogP contribution in [-0.2, 0) is 16.0 Å². The lowest BCUT2D eigenvalue weighted by molar-refractivity contribution is -0.134. The third-order valence-electron chi connectivity index (χ3n) is 4.05. The maximum atomic E-state index is 12.1. The molecule has 1 aliphatic heterocycles. The molecule has 0 saturated carbocycles. The zero-order valence-corrected chi connectivity index (χ0v) is 14.2. The summed E-state index contributed by atoms with van der Waals surface area (Å²) in [5.74, 6) is 0.788. The maximum Gasteiger partial charge on any atom is 0.340 e. The lowest BCUT2D eigenvalue weighted by Crippen LogP contribution is -2.56. The Morgan fingerprint density at radius 3 is 2.88 bits per heavy atom. The molecule has 24 heavy (non-hydrogen) atoms. The van der Waals surface area contributed by atoms with Crippen LogP contribution in [0.3, 0.4) is 0 Å². The summed E-state index contributed by atoms with van der Waals surface area (Å²) in [6.07, 6.45) is 1.57. The quantitative estimate of drug-likeness (QED) is 0.484. The minimum atomic E-state index is -0.414. The van der Waals surface area contributed by atoms with E-state index in [9.17, 15) is 14.4 Å². The highest BCUT2D eigenvalue weighted by Crippen LogP contribution is 2.12. The summed E-state index contributed by atoms with van der Waals surface area (Å²) < 4.78 is 0. The van der Waals surface area contributed by atoms with Gasteiger partial charge in [-0.3, -0.25) is 19.5 Å². The molecule has 2 heterocycles. The molecule has 0 aromatic carbocycles. The van der Waals surface area contributed by atoms with Crippen LogP contribution in [0.5, 0.6) is 0 Å². The molecule has 0 aliphatic carbocycles. The largest absolute Gasteiger partial charge is 0.356 e. The van der Waals surface area contributed by atoms with Crippen LogP contribution >= 0.6 is 0 Å². The topological polar surface area (TPSA) is 123 Å². The summed E-state index contributed by atoms with van der Waals surface area (Å²) in [6, 6.07) is -0.414. The molecule has 0 bridgehead atoms. The molecule has 1 aliphatic rings. The van der Waals surface area contributed by atoms with E-state index in [0.29, 0.717) is 31.3 Å². The molecule has 2 amide bonds. The molecule has 1 aromatic heterocycles. The molecule has 2 rings (SSSR count). The molecule has 9 heteroatoms. The molecular formula is C15H26N6O3. The van der Waals surface area contributed by atoms with Crippen molar-refractivity contribution >= 4 is 11.8 Å². The molecular weight excluding hydrogens is 312 g/mol. The number of nitrogens with one attached hydrogen (secondary N) is 4. The second-order valence-electron chi connectivity index (χ2n) is 6.45. The Balaban J connectivity index is 1.80. The Morgan fingerprint density at radius 1 is 1.42 bits per heavy atom. The predicted molar refractivity (Wildman–Crippen MR) is 88.4 cm³/mol. The number of piperazine rings is 1. The molecule has 4 N–H and O–H groups in total. The number of hydrogen-bond donors (Lipinski definition) is 4. The first kappa shape index (κ1) is 18.2. The van der Waals surface area contributed by atoms with Crippen LogP contribution in [0.15, 0.2) is 4.79 Å². The molecule has 1 aromatic rings. The van der Waals surface area contributed by atoms with E-state index in [2.05, 4.69) is 44.6 Å². The van der Waals surface area contributed by atoms with Crippen molar-refractivity contribution < 1.29 is 9.59 Å². The van der Waals surface area contributed by atoms with E-state index in [-0.39, 0.29) is 23.9 Å². The summed E-state index contributed by atoms with van der Waals surface area (Å²) in [5, 5.41) is 11.6. The van der Waals surface area contributed by atoms with Gasteiger partial charge in [-0.2, -0.15) is 5.10 Å². The van der Waals surface area contributed by atoms with Crippen molar-refractivity contribution in [2.24, 2.45) is 5.92 Å². The Labute approximate surface area is 140 Å². The number of aromatic nitrogens is 3. The maximum absolute atomic E-state index is 12.1. The predicted octanol–water partition coefficient (Wildman–Crippen LogP) is -1.01. The molecule has 1 fully saturated rings. The molecule has 9 nitrogen and oxygen atoms in total. The summed E-state index contributed by atoms with van der Waals surface area (Å²) >= 11 is 0. The zero-order chi connectivity index (χ0) is 17.5. The fourth-order valence-corrected chi connectivity index (χ4v) is 2.67. The zero-order valence-electron chi connectivity index (χ0n) is 14.2. The van der Waals surface area contributed by atoms with E-state index in [1.54, 1.807) is 0 Å². The highest BCUT2D eigenvalue weighted by molar-refractivity contribution is 5.88. The van der Waals surface area contributed by atoms with Crippen molar-refractivity contribution in [2.75, 3.05) is 26.2 Å². The minimum absolute atomic E-state index is 0.0863. The van der Waals surface area contributed by atoms with Crippen molar-refractivity contribution in [1.29, 1.82) is 0 Å². The second-order valence-corrected chi connectivity index (χ2v) is 6.45. The summed E-state index contributed by atoms with van der Waals surface area (Å²) in [6.45, 7) is 6.86. The molecule has 134 valence electrons. The van der Waals surface area contributed by atoms with Gasteiger partial charge in [0.25, 0.3) is 0 Å². The number of carbonyl (C=O) groups is 2. The van der Waals surface area contributed by atoms with Crippen molar-refractivity contribution in [1.82, 2.24) is 30.7 Å². The lowest BCUT2D eigenvalue weighted by atomic mass is 10.1. The summed E-state index contributed by atoms with van der Waals surface area (Å²) in [4.78, 5) is 39.7. The van der Waals surface area contributed by atoms with Gasteiger partial charge in [0.1, 0.15) is 5.82 Å². The Hall–Kier alpha value is -2.16. The number of carbonyl (C=O) groups excluding carboxylic acids is 2. The number of nitrogens with zero attached hydrogens (tertiary/aromatic N) is 2. The van der Waals surface area contributed by atoms with Crippen LogP contribution in [0.4, 0.5) is 0 Å². The highest BCUT2D eigenvalue weighted by Gasteiger charge is 2.31. The van der Waals surface area contributed by atoms with Gasteiger partial charge in [0, 0.05) is 26.1 Å². The summed E-state index contributed by atoms with van der Waals surface area (Å²) in [5.41, 5.74) is -0.365. The lowest BCUT2D eigenvalue weighted by Gasteiger charge is -2.35. The van der Waals surface area contributed by atoms with E-state index < -0.39 is 6.04 Å². The van der Waals surface area contributed by atoms with Gasteiger partial charge in [0.2, 0.25) is 11.8 Å². The van der Waals surface area contributed by atoms with Crippen LogP contribution in [0, 0.1) is 5.92 Å². The van der Waals surface area contributed by atoms with E-state index in [1.165, 1.54) is 0 Å². The Morgan fingerprint density at radius 2 is 2.21 bits per heavy atom. The minimum Gasteiger partial charge on any atom is -0.356 e. The fourth-order valence-electron chi connectivity index (χ4n) is 2.67.